The minimum Gasteiger partial charge on any atom is -0.420 e. The molecule has 0 aliphatic rings. The van der Waals surface area contributed by atoms with Crippen molar-refractivity contribution in [3.8, 4) is 11.5 Å². The number of rotatable bonds is 3. The van der Waals surface area contributed by atoms with Crippen molar-refractivity contribution in [1.29, 1.82) is 0 Å². The molecule has 3 nitrogen and oxygen atoms in total. The summed E-state index contributed by atoms with van der Waals surface area (Å²) < 4.78 is 5.53. The number of aryl methyl sites for hydroxylation is 2. The highest BCUT2D eigenvalue weighted by atomic mass is 16.4. The van der Waals surface area contributed by atoms with Crippen molar-refractivity contribution in [1.82, 2.24) is 10.2 Å². The Bertz CT molecular complexity index is 494. The summed E-state index contributed by atoms with van der Waals surface area (Å²) in [5.74, 6) is 1.17. The van der Waals surface area contributed by atoms with Gasteiger partial charge in [-0.05, 0) is 26.0 Å². The van der Waals surface area contributed by atoms with E-state index in [1.165, 1.54) is 11.1 Å². The lowest BCUT2D eigenvalue weighted by atomic mass is 10.1. The van der Waals surface area contributed by atoms with Gasteiger partial charge in [0, 0.05) is 12.0 Å². The molecule has 0 amide bonds. The molecule has 82 valence electrons. The Morgan fingerprint density at radius 3 is 2.50 bits per heavy atom. The average molecular weight is 214 g/mol. The van der Waals surface area contributed by atoms with Gasteiger partial charge in [0.15, 0.2) is 0 Å². The topological polar surface area (TPSA) is 38.9 Å². The average Bonchev–Trinajstić information content (AvgIpc) is 2.65. The van der Waals surface area contributed by atoms with Crippen molar-refractivity contribution in [3.63, 3.8) is 0 Å². The fourth-order valence-electron chi connectivity index (χ4n) is 1.67. The second kappa shape index (κ2) is 4.31. The molecule has 0 atom stereocenters. The number of benzene rings is 1. The van der Waals surface area contributed by atoms with Gasteiger partial charge in [-0.3, -0.25) is 0 Å². The van der Waals surface area contributed by atoms with Crippen LogP contribution >= 0.6 is 0 Å². The van der Waals surface area contributed by atoms with Crippen LogP contribution in [0.3, 0.4) is 0 Å². The van der Waals surface area contributed by atoms with E-state index < -0.39 is 0 Å². The van der Waals surface area contributed by atoms with E-state index in [0.29, 0.717) is 18.2 Å². The van der Waals surface area contributed by atoms with Crippen molar-refractivity contribution < 1.29 is 4.42 Å². The van der Waals surface area contributed by atoms with Crippen molar-refractivity contribution in [2.24, 2.45) is 0 Å². The molecule has 0 radical (unpaired) electrons. The van der Waals surface area contributed by atoms with Crippen LogP contribution < -0.4 is 0 Å². The molecule has 0 aliphatic carbocycles. The summed E-state index contributed by atoms with van der Waals surface area (Å²) in [5.41, 5.74) is 3.36. The molecule has 1 aromatic carbocycles. The highest BCUT2D eigenvalue weighted by Gasteiger charge is 2.08. The zero-order valence-corrected chi connectivity index (χ0v) is 9.53. The van der Waals surface area contributed by atoms with E-state index in [-0.39, 0.29) is 0 Å². The largest absolute Gasteiger partial charge is 0.420 e. The summed E-state index contributed by atoms with van der Waals surface area (Å²) in [6, 6.07) is 6.20. The summed E-state index contributed by atoms with van der Waals surface area (Å²) in [6.07, 6.45) is 2.36. The van der Waals surface area contributed by atoms with E-state index in [9.17, 15) is 0 Å². The van der Waals surface area contributed by atoms with Crippen molar-refractivity contribution in [2.75, 3.05) is 0 Å². The maximum atomic E-state index is 5.53. The van der Waals surface area contributed by atoms with Crippen molar-refractivity contribution in [2.45, 2.75) is 20.3 Å². The van der Waals surface area contributed by atoms with Crippen LogP contribution in [0.25, 0.3) is 11.5 Å². The first-order valence-corrected chi connectivity index (χ1v) is 5.21. The number of nitrogens with zero attached hydrogens (tertiary/aromatic N) is 2. The molecular weight excluding hydrogens is 200 g/mol. The number of hydrogen-bond acceptors (Lipinski definition) is 3. The highest BCUT2D eigenvalue weighted by Crippen LogP contribution is 2.20. The third-order valence-electron chi connectivity index (χ3n) is 2.25. The van der Waals surface area contributed by atoms with Crippen LogP contribution in [-0.2, 0) is 6.42 Å². The molecule has 2 aromatic rings. The zero-order chi connectivity index (χ0) is 11.5. The Kier molecular flexibility index (Phi) is 2.86. The minimum atomic E-state index is 0.573. The van der Waals surface area contributed by atoms with Crippen molar-refractivity contribution in [3.05, 3.63) is 47.9 Å². The highest BCUT2D eigenvalue weighted by molar-refractivity contribution is 5.55. The second-order valence-corrected chi connectivity index (χ2v) is 3.87. The first-order chi connectivity index (χ1) is 7.69. The first kappa shape index (κ1) is 10.6. The van der Waals surface area contributed by atoms with Crippen molar-refractivity contribution >= 4 is 0 Å². The summed E-state index contributed by atoms with van der Waals surface area (Å²) in [5, 5.41) is 7.98. The fraction of sp³-hybridized carbons (Fsp3) is 0.231. The molecule has 1 aromatic heterocycles. The van der Waals surface area contributed by atoms with Crippen LogP contribution in [0, 0.1) is 13.8 Å². The zero-order valence-electron chi connectivity index (χ0n) is 9.53. The third kappa shape index (κ3) is 2.19. The Balaban J connectivity index is 2.38. The SMILES string of the molecule is C=CCc1nnc(-c2cc(C)cc(C)c2)o1. The Morgan fingerprint density at radius 1 is 1.19 bits per heavy atom. The molecular formula is C13H14N2O. The summed E-state index contributed by atoms with van der Waals surface area (Å²) in [6.45, 7) is 7.74. The summed E-state index contributed by atoms with van der Waals surface area (Å²) in [4.78, 5) is 0. The van der Waals surface area contributed by atoms with Gasteiger partial charge in [0.2, 0.25) is 11.8 Å². The maximum absolute atomic E-state index is 5.53. The minimum absolute atomic E-state index is 0.573. The standard InChI is InChI=1S/C13H14N2O/c1-4-5-12-14-15-13(16-12)11-7-9(2)6-10(3)8-11/h4,6-8H,1,5H2,2-3H3. The van der Waals surface area contributed by atoms with Gasteiger partial charge in [-0.15, -0.1) is 16.8 Å². The van der Waals surface area contributed by atoms with Crippen LogP contribution in [0.1, 0.15) is 17.0 Å². The van der Waals surface area contributed by atoms with Gasteiger partial charge in [-0.25, -0.2) is 0 Å². The molecule has 16 heavy (non-hydrogen) atoms. The molecule has 1 heterocycles. The normalized spacial score (nSPS) is 10.4. The van der Waals surface area contributed by atoms with E-state index in [1.807, 2.05) is 12.1 Å². The number of aromatic nitrogens is 2. The van der Waals surface area contributed by atoms with Gasteiger partial charge in [0.25, 0.3) is 0 Å². The molecule has 0 unspecified atom stereocenters. The predicted molar refractivity (Wildman–Crippen MR) is 63.1 cm³/mol. The van der Waals surface area contributed by atoms with Crippen LogP contribution in [0.2, 0.25) is 0 Å². The van der Waals surface area contributed by atoms with E-state index in [0.717, 1.165) is 5.56 Å². The lowest BCUT2D eigenvalue weighted by molar-refractivity contribution is 0.520. The molecule has 3 heteroatoms. The Hall–Kier alpha value is -1.90. The second-order valence-electron chi connectivity index (χ2n) is 3.87. The molecule has 0 aliphatic heterocycles. The number of hydrogen-bond donors (Lipinski definition) is 0. The van der Waals surface area contributed by atoms with Gasteiger partial charge < -0.3 is 4.42 Å². The van der Waals surface area contributed by atoms with E-state index in [2.05, 4.69) is 36.7 Å². The molecule has 0 fully saturated rings. The van der Waals surface area contributed by atoms with E-state index in [4.69, 9.17) is 4.42 Å². The van der Waals surface area contributed by atoms with Crippen LogP contribution in [0.4, 0.5) is 0 Å². The van der Waals surface area contributed by atoms with Gasteiger partial charge in [0.05, 0.1) is 0 Å². The van der Waals surface area contributed by atoms with Crippen LogP contribution in [0.5, 0.6) is 0 Å². The van der Waals surface area contributed by atoms with E-state index in [1.54, 1.807) is 6.08 Å². The fourth-order valence-corrected chi connectivity index (χ4v) is 1.67. The molecule has 0 N–H and O–H groups in total. The Labute approximate surface area is 94.8 Å². The van der Waals surface area contributed by atoms with Crippen LogP contribution in [0.15, 0.2) is 35.3 Å². The van der Waals surface area contributed by atoms with Gasteiger partial charge >= 0.3 is 0 Å². The van der Waals surface area contributed by atoms with Gasteiger partial charge in [0.1, 0.15) is 0 Å². The summed E-state index contributed by atoms with van der Waals surface area (Å²) in [7, 11) is 0. The lowest BCUT2D eigenvalue weighted by Crippen LogP contribution is -1.82. The number of allylic oxidation sites excluding steroid dienone is 1. The molecule has 2 rings (SSSR count). The van der Waals surface area contributed by atoms with Gasteiger partial charge in [-0.2, -0.15) is 0 Å². The van der Waals surface area contributed by atoms with E-state index >= 15 is 0 Å². The predicted octanol–water partition coefficient (Wildman–Crippen LogP) is 3.08. The smallest absolute Gasteiger partial charge is 0.247 e. The molecule has 0 bridgehead atoms. The van der Waals surface area contributed by atoms with Gasteiger partial charge in [-0.1, -0.05) is 23.3 Å². The maximum Gasteiger partial charge on any atom is 0.247 e. The Morgan fingerprint density at radius 2 is 1.88 bits per heavy atom. The summed E-state index contributed by atoms with van der Waals surface area (Å²) >= 11 is 0. The van der Waals surface area contributed by atoms with Crippen LogP contribution in [-0.4, -0.2) is 10.2 Å². The first-order valence-electron chi connectivity index (χ1n) is 5.21. The molecule has 0 spiro atoms. The quantitative estimate of drug-likeness (QED) is 0.737. The lowest BCUT2D eigenvalue weighted by Gasteiger charge is -1.99. The monoisotopic (exact) mass is 214 g/mol. The molecule has 0 saturated carbocycles. The third-order valence-corrected chi connectivity index (χ3v) is 2.25. The molecule has 0 saturated heterocycles.